The Morgan fingerprint density at radius 1 is 1.09 bits per heavy atom. The first-order valence-electron chi connectivity index (χ1n) is 8.83. The summed E-state index contributed by atoms with van der Waals surface area (Å²) >= 11 is 0. The second kappa shape index (κ2) is 7.95. The van der Waals surface area contributed by atoms with Crippen LogP contribution >= 0.6 is 0 Å². The molecule has 0 aromatic heterocycles. The number of aliphatic hydroxyl groups excluding tert-OH is 1. The number of piperidine rings is 1. The van der Waals surface area contributed by atoms with E-state index < -0.39 is 0 Å². The summed E-state index contributed by atoms with van der Waals surface area (Å²) in [5.74, 6) is 0. The fraction of sp³-hybridized carbons (Fsp3) is 0.579. The largest absolute Gasteiger partial charge is 0.391 e. The van der Waals surface area contributed by atoms with Crippen molar-refractivity contribution in [3.05, 3.63) is 42.5 Å². The minimum absolute atomic E-state index is 0.180. The summed E-state index contributed by atoms with van der Waals surface area (Å²) in [4.78, 5) is 7.40. The van der Waals surface area contributed by atoms with Crippen molar-refractivity contribution >= 4 is 5.69 Å². The van der Waals surface area contributed by atoms with Crippen molar-refractivity contribution in [2.75, 3.05) is 50.7 Å². The van der Waals surface area contributed by atoms with Gasteiger partial charge in [0.15, 0.2) is 0 Å². The first-order chi connectivity index (χ1) is 11.3. The van der Waals surface area contributed by atoms with Gasteiger partial charge in [-0.25, -0.2) is 0 Å². The molecule has 2 aliphatic rings. The monoisotopic (exact) mass is 315 g/mol. The van der Waals surface area contributed by atoms with E-state index in [0.717, 1.165) is 52.2 Å². The van der Waals surface area contributed by atoms with Gasteiger partial charge in [-0.1, -0.05) is 30.4 Å². The Labute approximate surface area is 140 Å². The molecule has 2 atom stereocenters. The van der Waals surface area contributed by atoms with Crippen molar-refractivity contribution in [3.8, 4) is 0 Å². The van der Waals surface area contributed by atoms with E-state index in [0.29, 0.717) is 0 Å². The van der Waals surface area contributed by atoms with Gasteiger partial charge in [0.1, 0.15) is 0 Å². The summed E-state index contributed by atoms with van der Waals surface area (Å²) in [5.41, 5.74) is 1.31. The topological polar surface area (TPSA) is 30.0 Å². The molecule has 2 unspecified atom stereocenters. The van der Waals surface area contributed by atoms with Crippen molar-refractivity contribution in [2.45, 2.75) is 25.5 Å². The lowest BCUT2D eigenvalue weighted by Gasteiger charge is -2.45. The lowest BCUT2D eigenvalue weighted by atomic mass is 9.99. The van der Waals surface area contributed by atoms with Crippen molar-refractivity contribution in [1.82, 2.24) is 9.80 Å². The number of allylic oxidation sites excluding steroid dienone is 1. The number of rotatable bonds is 4. The fourth-order valence-corrected chi connectivity index (χ4v) is 3.71. The van der Waals surface area contributed by atoms with Crippen molar-refractivity contribution in [3.63, 3.8) is 0 Å². The number of piperazine rings is 1. The number of likely N-dealkylation sites (tertiary alicyclic amines) is 1. The number of nitrogens with zero attached hydrogens (tertiary/aromatic N) is 3. The zero-order valence-corrected chi connectivity index (χ0v) is 14.1. The molecule has 1 aromatic carbocycles. The van der Waals surface area contributed by atoms with Crippen LogP contribution in [0, 0.1) is 0 Å². The molecule has 2 fully saturated rings. The molecule has 0 saturated carbocycles. The van der Waals surface area contributed by atoms with Crippen LogP contribution in [0.2, 0.25) is 0 Å². The van der Waals surface area contributed by atoms with Crippen LogP contribution in [-0.2, 0) is 0 Å². The number of para-hydroxylation sites is 1. The third kappa shape index (κ3) is 4.14. The van der Waals surface area contributed by atoms with Crippen LogP contribution in [-0.4, -0.2) is 72.9 Å². The number of aliphatic hydroxyl groups is 1. The third-order valence-corrected chi connectivity index (χ3v) is 5.13. The molecule has 0 spiro atoms. The van der Waals surface area contributed by atoms with Crippen LogP contribution < -0.4 is 4.90 Å². The SMILES string of the molecule is C/C=C/CN1CCC(O)C(N2CCN(c3ccccc3)CC2)C1. The number of hydrogen-bond donors (Lipinski definition) is 1. The van der Waals surface area contributed by atoms with Crippen LogP contribution in [0.5, 0.6) is 0 Å². The molecule has 0 bridgehead atoms. The average molecular weight is 315 g/mol. The zero-order valence-electron chi connectivity index (χ0n) is 14.1. The predicted molar refractivity (Wildman–Crippen MR) is 95.9 cm³/mol. The second-order valence-electron chi connectivity index (χ2n) is 6.61. The van der Waals surface area contributed by atoms with Gasteiger partial charge in [-0.3, -0.25) is 9.80 Å². The summed E-state index contributed by atoms with van der Waals surface area (Å²) in [5, 5.41) is 10.4. The molecule has 23 heavy (non-hydrogen) atoms. The van der Waals surface area contributed by atoms with E-state index >= 15 is 0 Å². The highest BCUT2D eigenvalue weighted by Gasteiger charge is 2.33. The van der Waals surface area contributed by atoms with Gasteiger partial charge in [-0.05, 0) is 25.5 Å². The Balaban J connectivity index is 1.55. The molecule has 4 nitrogen and oxygen atoms in total. The molecule has 126 valence electrons. The highest BCUT2D eigenvalue weighted by Crippen LogP contribution is 2.21. The Kier molecular flexibility index (Phi) is 5.70. The quantitative estimate of drug-likeness (QED) is 0.859. The van der Waals surface area contributed by atoms with E-state index in [1.165, 1.54) is 5.69 Å². The second-order valence-corrected chi connectivity index (χ2v) is 6.61. The van der Waals surface area contributed by atoms with Gasteiger partial charge in [0, 0.05) is 57.5 Å². The van der Waals surface area contributed by atoms with Crippen LogP contribution in [0.4, 0.5) is 5.69 Å². The van der Waals surface area contributed by atoms with Crippen molar-refractivity contribution < 1.29 is 5.11 Å². The maximum Gasteiger partial charge on any atom is 0.0720 e. The van der Waals surface area contributed by atoms with Gasteiger partial charge >= 0.3 is 0 Å². The molecule has 1 aromatic rings. The summed E-state index contributed by atoms with van der Waals surface area (Å²) in [6, 6.07) is 10.9. The third-order valence-electron chi connectivity index (χ3n) is 5.13. The van der Waals surface area contributed by atoms with E-state index in [2.05, 4.69) is 64.1 Å². The van der Waals surface area contributed by atoms with E-state index in [1.807, 2.05) is 0 Å². The molecule has 0 aliphatic carbocycles. The van der Waals surface area contributed by atoms with Gasteiger partial charge in [-0.2, -0.15) is 0 Å². The minimum atomic E-state index is -0.180. The zero-order chi connectivity index (χ0) is 16.1. The molecule has 3 rings (SSSR count). The number of benzene rings is 1. The van der Waals surface area contributed by atoms with E-state index in [9.17, 15) is 5.11 Å². The van der Waals surface area contributed by atoms with Crippen molar-refractivity contribution in [1.29, 1.82) is 0 Å². The summed E-state index contributed by atoms with van der Waals surface area (Å²) < 4.78 is 0. The Morgan fingerprint density at radius 3 is 2.52 bits per heavy atom. The highest BCUT2D eigenvalue weighted by atomic mass is 16.3. The molecule has 4 heteroatoms. The molecule has 2 heterocycles. The van der Waals surface area contributed by atoms with Crippen LogP contribution in [0.15, 0.2) is 42.5 Å². The van der Waals surface area contributed by atoms with E-state index in [1.54, 1.807) is 0 Å². The summed E-state index contributed by atoms with van der Waals surface area (Å²) in [7, 11) is 0. The first-order valence-corrected chi connectivity index (χ1v) is 8.83. The van der Waals surface area contributed by atoms with E-state index in [4.69, 9.17) is 0 Å². The Morgan fingerprint density at radius 2 is 1.83 bits per heavy atom. The van der Waals surface area contributed by atoms with Crippen LogP contribution in [0.25, 0.3) is 0 Å². The molecule has 2 saturated heterocycles. The Hall–Kier alpha value is -1.36. The smallest absolute Gasteiger partial charge is 0.0720 e. The summed E-state index contributed by atoms with van der Waals surface area (Å²) in [6.07, 6.45) is 5.03. The van der Waals surface area contributed by atoms with Gasteiger partial charge in [0.05, 0.1) is 6.10 Å². The predicted octanol–water partition coefficient (Wildman–Crippen LogP) is 1.82. The maximum atomic E-state index is 10.4. The molecule has 1 N–H and O–H groups in total. The average Bonchev–Trinajstić information content (AvgIpc) is 2.62. The molecular formula is C19H29N3O. The lowest BCUT2D eigenvalue weighted by molar-refractivity contribution is -0.0105. The van der Waals surface area contributed by atoms with Gasteiger partial charge in [0.25, 0.3) is 0 Å². The highest BCUT2D eigenvalue weighted by molar-refractivity contribution is 5.46. The number of hydrogen-bond acceptors (Lipinski definition) is 4. The molecule has 2 aliphatic heterocycles. The summed E-state index contributed by atoms with van der Waals surface area (Å²) in [6.45, 7) is 9.22. The number of anilines is 1. The lowest BCUT2D eigenvalue weighted by Crippen LogP contribution is -2.59. The Bertz CT molecular complexity index is 497. The standard InChI is InChI=1S/C19H29N3O/c1-2-3-10-20-11-9-19(23)18(16-20)22-14-12-21(13-15-22)17-7-5-4-6-8-17/h2-8,18-19,23H,9-16H2,1H3/b3-2+. The normalized spacial score (nSPS) is 27.7. The van der Waals surface area contributed by atoms with Gasteiger partial charge < -0.3 is 10.0 Å². The van der Waals surface area contributed by atoms with Crippen molar-refractivity contribution in [2.24, 2.45) is 0 Å². The molecule has 0 amide bonds. The maximum absolute atomic E-state index is 10.4. The minimum Gasteiger partial charge on any atom is -0.391 e. The van der Waals surface area contributed by atoms with Crippen LogP contribution in [0.1, 0.15) is 13.3 Å². The van der Waals surface area contributed by atoms with E-state index in [-0.39, 0.29) is 12.1 Å². The molecular weight excluding hydrogens is 286 g/mol. The fourth-order valence-electron chi connectivity index (χ4n) is 3.71. The van der Waals surface area contributed by atoms with Gasteiger partial charge in [0.2, 0.25) is 0 Å². The van der Waals surface area contributed by atoms with Crippen LogP contribution in [0.3, 0.4) is 0 Å². The first kappa shape index (κ1) is 16.5. The molecule has 0 radical (unpaired) electrons. The van der Waals surface area contributed by atoms with Gasteiger partial charge in [-0.15, -0.1) is 0 Å².